The van der Waals surface area contributed by atoms with Crippen molar-refractivity contribution in [2.75, 3.05) is 6.54 Å². The van der Waals surface area contributed by atoms with E-state index in [0.29, 0.717) is 18.9 Å². The lowest BCUT2D eigenvalue weighted by Gasteiger charge is -2.19. The highest BCUT2D eigenvalue weighted by molar-refractivity contribution is 5.81. The zero-order chi connectivity index (χ0) is 14.8. The number of hydrogen-bond donors (Lipinski definition) is 3. The Morgan fingerprint density at radius 2 is 1.84 bits per heavy atom. The molecule has 3 atom stereocenters. The highest BCUT2D eigenvalue weighted by atomic mass is 16.4. The van der Waals surface area contributed by atoms with Gasteiger partial charge in [0.05, 0.1) is 6.04 Å². The van der Waals surface area contributed by atoms with Crippen LogP contribution in [0.15, 0.2) is 0 Å². The topological polar surface area (TPSA) is 92.4 Å². The van der Waals surface area contributed by atoms with Crippen LogP contribution in [0.5, 0.6) is 0 Å². The second-order valence-electron chi connectivity index (χ2n) is 5.20. The van der Waals surface area contributed by atoms with Gasteiger partial charge in [0.25, 0.3) is 0 Å². The molecular weight excluding hydrogens is 244 g/mol. The Labute approximate surface area is 115 Å². The Morgan fingerprint density at radius 3 is 2.32 bits per heavy atom. The number of amides is 1. The van der Waals surface area contributed by atoms with Crippen LogP contribution in [0, 0.1) is 11.8 Å². The van der Waals surface area contributed by atoms with Gasteiger partial charge in [-0.2, -0.15) is 0 Å². The maximum Gasteiger partial charge on any atom is 0.303 e. The molecule has 0 saturated carbocycles. The van der Waals surface area contributed by atoms with E-state index in [2.05, 4.69) is 5.32 Å². The first-order valence-corrected chi connectivity index (χ1v) is 7.17. The van der Waals surface area contributed by atoms with E-state index in [1.165, 1.54) is 0 Å². The Balaban J connectivity index is 3.92. The number of nitrogens with two attached hydrogens (primary N) is 1. The van der Waals surface area contributed by atoms with Crippen molar-refractivity contribution in [3.05, 3.63) is 0 Å². The van der Waals surface area contributed by atoms with Crippen molar-refractivity contribution in [2.45, 2.75) is 58.9 Å². The molecule has 0 rings (SSSR count). The molecule has 0 aliphatic rings. The second-order valence-corrected chi connectivity index (χ2v) is 5.20. The van der Waals surface area contributed by atoms with Gasteiger partial charge in [0, 0.05) is 13.0 Å². The van der Waals surface area contributed by atoms with Crippen molar-refractivity contribution < 1.29 is 14.7 Å². The molecular formula is C14H28N2O3. The minimum atomic E-state index is -0.763. The van der Waals surface area contributed by atoms with Crippen molar-refractivity contribution in [3.8, 4) is 0 Å². The third kappa shape index (κ3) is 7.82. The normalized spacial score (nSPS) is 15.6. The lowest BCUT2D eigenvalue weighted by molar-refractivity contribution is -0.137. The monoisotopic (exact) mass is 272 g/mol. The number of rotatable bonds is 10. The van der Waals surface area contributed by atoms with Crippen molar-refractivity contribution in [1.82, 2.24) is 5.32 Å². The summed E-state index contributed by atoms with van der Waals surface area (Å²) in [5.74, 6) is -0.353. The fourth-order valence-electron chi connectivity index (χ4n) is 1.91. The average Bonchev–Trinajstić information content (AvgIpc) is 2.40. The number of aliphatic carboxylic acids is 1. The zero-order valence-corrected chi connectivity index (χ0v) is 12.3. The maximum absolute atomic E-state index is 11.7. The van der Waals surface area contributed by atoms with Crippen LogP contribution >= 0.6 is 0 Å². The van der Waals surface area contributed by atoms with Crippen LogP contribution in [0.25, 0.3) is 0 Å². The molecule has 112 valence electrons. The third-order valence-corrected chi connectivity index (χ3v) is 3.76. The molecule has 3 unspecified atom stereocenters. The smallest absolute Gasteiger partial charge is 0.303 e. The SMILES string of the molecule is CCC(CCNC(=O)C(N)C(C)CC)CCC(=O)O. The fourth-order valence-corrected chi connectivity index (χ4v) is 1.91. The van der Waals surface area contributed by atoms with Gasteiger partial charge in [-0.15, -0.1) is 0 Å². The Kier molecular flexibility index (Phi) is 9.21. The van der Waals surface area contributed by atoms with Gasteiger partial charge in [-0.1, -0.05) is 33.6 Å². The van der Waals surface area contributed by atoms with E-state index in [1.807, 2.05) is 20.8 Å². The van der Waals surface area contributed by atoms with Crippen LogP contribution in [-0.4, -0.2) is 29.6 Å². The van der Waals surface area contributed by atoms with Gasteiger partial charge >= 0.3 is 5.97 Å². The average molecular weight is 272 g/mol. The molecule has 4 N–H and O–H groups in total. The molecule has 5 nitrogen and oxygen atoms in total. The highest BCUT2D eigenvalue weighted by Crippen LogP contribution is 2.14. The maximum atomic E-state index is 11.7. The summed E-state index contributed by atoms with van der Waals surface area (Å²) in [4.78, 5) is 22.3. The lowest BCUT2D eigenvalue weighted by atomic mass is 9.96. The van der Waals surface area contributed by atoms with E-state index in [-0.39, 0.29) is 18.2 Å². The van der Waals surface area contributed by atoms with Crippen molar-refractivity contribution in [3.63, 3.8) is 0 Å². The largest absolute Gasteiger partial charge is 0.481 e. The molecule has 5 heteroatoms. The lowest BCUT2D eigenvalue weighted by Crippen LogP contribution is -2.45. The van der Waals surface area contributed by atoms with Gasteiger partial charge in [-0.25, -0.2) is 0 Å². The van der Waals surface area contributed by atoms with Gasteiger partial charge in [0.2, 0.25) is 5.91 Å². The Hall–Kier alpha value is -1.10. The van der Waals surface area contributed by atoms with E-state index in [4.69, 9.17) is 10.8 Å². The predicted molar refractivity (Wildman–Crippen MR) is 75.7 cm³/mol. The minimum Gasteiger partial charge on any atom is -0.481 e. The second kappa shape index (κ2) is 9.78. The minimum absolute atomic E-state index is 0.109. The standard InChI is InChI=1S/C14H28N2O3/c1-4-10(3)13(15)14(19)16-9-8-11(5-2)6-7-12(17)18/h10-11,13H,4-9,15H2,1-3H3,(H,16,19)(H,17,18). The summed E-state index contributed by atoms with van der Waals surface area (Å²) in [7, 11) is 0. The van der Waals surface area contributed by atoms with Crippen LogP contribution in [0.1, 0.15) is 52.9 Å². The van der Waals surface area contributed by atoms with Crippen LogP contribution in [0.4, 0.5) is 0 Å². The predicted octanol–water partition coefficient (Wildman–Crippen LogP) is 1.76. The molecule has 0 bridgehead atoms. The number of carbonyl (C=O) groups is 2. The summed E-state index contributed by atoms with van der Waals surface area (Å²) in [6, 6.07) is -0.455. The van der Waals surface area contributed by atoms with Crippen LogP contribution in [0.2, 0.25) is 0 Å². The van der Waals surface area contributed by atoms with Crippen LogP contribution in [0.3, 0.4) is 0 Å². The Morgan fingerprint density at radius 1 is 1.21 bits per heavy atom. The van der Waals surface area contributed by atoms with E-state index in [1.54, 1.807) is 0 Å². The fraction of sp³-hybridized carbons (Fsp3) is 0.857. The molecule has 0 aromatic rings. The number of hydrogen-bond acceptors (Lipinski definition) is 3. The van der Waals surface area contributed by atoms with Crippen LogP contribution < -0.4 is 11.1 Å². The first-order chi connectivity index (χ1) is 8.92. The van der Waals surface area contributed by atoms with E-state index in [9.17, 15) is 9.59 Å². The summed E-state index contributed by atoms with van der Waals surface area (Å²) < 4.78 is 0. The highest BCUT2D eigenvalue weighted by Gasteiger charge is 2.19. The summed E-state index contributed by atoms with van der Waals surface area (Å²) in [5.41, 5.74) is 5.83. The Bertz CT molecular complexity index is 282. The van der Waals surface area contributed by atoms with Gasteiger partial charge < -0.3 is 16.2 Å². The molecule has 0 fully saturated rings. The van der Waals surface area contributed by atoms with Crippen LogP contribution in [-0.2, 0) is 9.59 Å². The number of carboxylic acid groups (broad SMARTS) is 1. The third-order valence-electron chi connectivity index (χ3n) is 3.76. The summed E-state index contributed by atoms with van der Waals surface area (Å²) >= 11 is 0. The molecule has 0 radical (unpaired) electrons. The number of carbonyl (C=O) groups excluding carboxylic acids is 1. The van der Waals surface area contributed by atoms with Gasteiger partial charge in [-0.3, -0.25) is 9.59 Å². The van der Waals surface area contributed by atoms with Crippen molar-refractivity contribution in [2.24, 2.45) is 17.6 Å². The molecule has 0 aliphatic carbocycles. The number of nitrogens with one attached hydrogen (secondary N) is 1. The van der Waals surface area contributed by atoms with Crippen molar-refractivity contribution in [1.29, 1.82) is 0 Å². The van der Waals surface area contributed by atoms with E-state index in [0.717, 1.165) is 19.3 Å². The molecule has 1 amide bonds. The van der Waals surface area contributed by atoms with Gasteiger partial charge in [0.15, 0.2) is 0 Å². The molecule has 0 saturated heterocycles. The molecule has 19 heavy (non-hydrogen) atoms. The molecule has 0 aliphatic heterocycles. The van der Waals surface area contributed by atoms with E-state index >= 15 is 0 Å². The first-order valence-electron chi connectivity index (χ1n) is 7.17. The molecule has 0 aromatic heterocycles. The van der Waals surface area contributed by atoms with Gasteiger partial charge in [-0.05, 0) is 24.7 Å². The van der Waals surface area contributed by atoms with Gasteiger partial charge in [0.1, 0.15) is 0 Å². The first kappa shape index (κ1) is 17.9. The quantitative estimate of drug-likeness (QED) is 0.565. The molecule has 0 spiro atoms. The summed E-state index contributed by atoms with van der Waals surface area (Å²) in [6.45, 7) is 6.59. The summed E-state index contributed by atoms with van der Waals surface area (Å²) in [6.07, 6.45) is 3.48. The van der Waals surface area contributed by atoms with E-state index < -0.39 is 12.0 Å². The number of carboxylic acids is 1. The van der Waals surface area contributed by atoms with Crippen molar-refractivity contribution >= 4 is 11.9 Å². The molecule has 0 aromatic carbocycles. The molecule has 0 heterocycles. The summed E-state index contributed by atoms with van der Waals surface area (Å²) in [5, 5.41) is 11.5. The zero-order valence-electron chi connectivity index (χ0n) is 12.3.